The average molecular weight is 835 g/mol. The van der Waals surface area contributed by atoms with Gasteiger partial charge in [-0.15, -0.1) is 0 Å². The van der Waals surface area contributed by atoms with Crippen LogP contribution in [0.25, 0.3) is 0 Å². The fraction of sp³-hybridized carbons (Fsp3) is 0.943. The Balaban J connectivity index is 4.19. The molecule has 0 aliphatic carbocycles. The number of esters is 3. The van der Waals surface area contributed by atoms with E-state index in [1.54, 1.807) is 0 Å². The number of rotatable bonds is 47. The Labute approximate surface area is 368 Å². The lowest BCUT2D eigenvalue weighted by Gasteiger charge is -2.18. The number of hydrogen-bond donors (Lipinski definition) is 0. The molecule has 0 aromatic carbocycles. The minimum absolute atomic E-state index is 0.0638. The highest BCUT2D eigenvalue weighted by Gasteiger charge is 2.19. The highest BCUT2D eigenvalue weighted by atomic mass is 16.6. The van der Waals surface area contributed by atoms with E-state index < -0.39 is 6.10 Å². The van der Waals surface area contributed by atoms with E-state index in [-0.39, 0.29) is 31.1 Å². The van der Waals surface area contributed by atoms with Crippen LogP contribution in [0.15, 0.2) is 0 Å². The summed E-state index contributed by atoms with van der Waals surface area (Å²) in [4.78, 5) is 37.8. The lowest BCUT2D eigenvalue weighted by Crippen LogP contribution is -2.30. The molecule has 0 fully saturated rings. The van der Waals surface area contributed by atoms with Crippen molar-refractivity contribution in [3.05, 3.63) is 0 Å². The van der Waals surface area contributed by atoms with Gasteiger partial charge in [0, 0.05) is 19.3 Å². The molecule has 0 aromatic rings. The minimum atomic E-state index is -0.760. The van der Waals surface area contributed by atoms with Gasteiger partial charge < -0.3 is 14.2 Å². The van der Waals surface area contributed by atoms with Crippen molar-refractivity contribution in [2.75, 3.05) is 13.2 Å². The van der Waals surface area contributed by atoms with Gasteiger partial charge in [0.25, 0.3) is 0 Å². The Bertz CT molecular complexity index is 900. The molecule has 1 atom stereocenters. The van der Waals surface area contributed by atoms with Crippen LogP contribution < -0.4 is 0 Å². The molecule has 6 nitrogen and oxygen atoms in total. The van der Waals surface area contributed by atoms with Crippen molar-refractivity contribution in [3.63, 3.8) is 0 Å². The highest BCUT2D eigenvalue weighted by Crippen LogP contribution is 2.17. The lowest BCUT2D eigenvalue weighted by atomic mass is 10.0. The summed E-state index contributed by atoms with van der Waals surface area (Å²) in [5.41, 5.74) is 0. The van der Waals surface area contributed by atoms with Crippen LogP contribution >= 0.6 is 0 Å². The molecular formula is C53H102O6. The van der Waals surface area contributed by atoms with Gasteiger partial charge in [-0.3, -0.25) is 14.4 Å². The fourth-order valence-electron chi connectivity index (χ4n) is 7.99. The monoisotopic (exact) mass is 835 g/mol. The van der Waals surface area contributed by atoms with Crippen molar-refractivity contribution < 1.29 is 28.6 Å². The van der Waals surface area contributed by atoms with Gasteiger partial charge in [-0.1, -0.05) is 253 Å². The lowest BCUT2D eigenvalue weighted by molar-refractivity contribution is -0.167. The van der Waals surface area contributed by atoms with Crippen LogP contribution in [-0.2, 0) is 28.6 Å². The summed E-state index contributed by atoms with van der Waals surface area (Å²) in [7, 11) is 0. The molecule has 59 heavy (non-hydrogen) atoms. The van der Waals surface area contributed by atoms with Crippen LogP contribution in [0.5, 0.6) is 0 Å². The molecule has 0 aliphatic heterocycles. The predicted octanol–water partition coefficient (Wildman–Crippen LogP) is 16.9. The molecule has 0 saturated heterocycles. The third-order valence-corrected chi connectivity index (χ3v) is 12.0. The first-order valence-corrected chi connectivity index (χ1v) is 26.2. The van der Waals surface area contributed by atoms with Gasteiger partial charge >= 0.3 is 17.9 Å². The first-order valence-electron chi connectivity index (χ1n) is 26.2. The van der Waals surface area contributed by atoms with Gasteiger partial charge in [0.15, 0.2) is 6.10 Å². The van der Waals surface area contributed by atoms with Gasteiger partial charge in [0.1, 0.15) is 13.2 Å². The largest absolute Gasteiger partial charge is 0.462 e. The second kappa shape index (κ2) is 45.9. The topological polar surface area (TPSA) is 78.9 Å². The van der Waals surface area contributed by atoms with Crippen LogP contribution in [-0.4, -0.2) is 37.2 Å². The van der Waals surface area contributed by atoms with Crippen LogP contribution in [0.1, 0.15) is 291 Å². The van der Waals surface area contributed by atoms with Crippen LogP contribution in [0.3, 0.4) is 0 Å². The number of carbonyl (C=O) groups excluding carboxylic acids is 3. The summed E-state index contributed by atoms with van der Waals surface area (Å²) in [5, 5.41) is 0. The zero-order chi connectivity index (χ0) is 43.3. The highest BCUT2D eigenvalue weighted by molar-refractivity contribution is 5.71. The second-order valence-electron chi connectivity index (χ2n) is 19.1. The smallest absolute Gasteiger partial charge is 0.306 e. The van der Waals surface area contributed by atoms with Crippen molar-refractivity contribution in [2.45, 2.75) is 298 Å². The van der Waals surface area contributed by atoms with Gasteiger partial charge in [-0.25, -0.2) is 0 Å². The third-order valence-electron chi connectivity index (χ3n) is 12.0. The Hall–Kier alpha value is -1.59. The van der Waals surface area contributed by atoms with Crippen molar-refractivity contribution in [3.8, 4) is 0 Å². The molecule has 0 saturated carbocycles. The Morgan fingerprint density at radius 1 is 0.322 bits per heavy atom. The quantitative estimate of drug-likeness (QED) is 0.0345. The molecule has 0 unspecified atom stereocenters. The molecule has 0 heterocycles. The van der Waals surface area contributed by atoms with E-state index in [0.29, 0.717) is 19.3 Å². The molecule has 0 amide bonds. The van der Waals surface area contributed by atoms with E-state index in [1.165, 1.54) is 180 Å². The summed E-state index contributed by atoms with van der Waals surface area (Å²) in [6.07, 6.45) is 46.7. The number of ether oxygens (including phenoxy) is 3. The molecule has 350 valence electrons. The molecule has 0 aromatic heterocycles. The molecular weight excluding hydrogens is 733 g/mol. The standard InChI is InChI=1S/C53H102O6/c1-6-7-8-9-26-33-38-43-51(54)57-46-50(59-53(56)45-40-35-30-25-21-17-13-11-15-19-23-28-32-37-42-49(4)5)47-58-52(55)44-39-34-29-24-20-16-12-10-14-18-22-27-31-36-41-48(2)3/h48-50H,6-47H2,1-5H3/t50-/m1/s1. The van der Waals surface area contributed by atoms with Crippen LogP contribution in [0.4, 0.5) is 0 Å². The summed E-state index contributed by atoms with van der Waals surface area (Å²) < 4.78 is 16.8. The average Bonchev–Trinajstić information content (AvgIpc) is 3.20. The normalized spacial score (nSPS) is 12.1. The van der Waals surface area contributed by atoms with E-state index in [4.69, 9.17) is 14.2 Å². The van der Waals surface area contributed by atoms with E-state index in [1.807, 2.05) is 0 Å². The summed E-state index contributed by atoms with van der Waals surface area (Å²) in [6.45, 7) is 11.4. The van der Waals surface area contributed by atoms with Gasteiger partial charge in [0.05, 0.1) is 0 Å². The summed E-state index contributed by atoms with van der Waals surface area (Å²) >= 11 is 0. The second-order valence-corrected chi connectivity index (χ2v) is 19.1. The number of carbonyl (C=O) groups is 3. The zero-order valence-corrected chi connectivity index (χ0v) is 40.4. The van der Waals surface area contributed by atoms with Crippen molar-refractivity contribution >= 4 is 17.9 Å². The van der Waals surface area contributed by atoms with Crippen molar-refractivity contribution in [1.82, 2.24) is 0 Å². The first-order chi connectivity index (χ1) is 28.7. The Morgan fingerprint density at radius 3 is 0.831 bits per heavy atom. The number of unbranched alkanes of at least 4 members (excludes halogenated alkanes) is 32. The van der Waals surface area contributed by atoms with E-state index in [9.17, 15) is 14.4 Å². The van der Waals surface area contributed by atoms with E-state index in [0.717, 1.165) is 69.6 Å². The summed E-state index contributed by atoms with van der Waals surface area (Å²) in [5.74, 6) is 0.835. The van der Waals surface area contributed by atoms with Gasteiger partial charge in [-0.05, 0) is 31.1 Å². The Morgan fingerprint density at radius 2 is 0.559 bits per heavy atom. The Kier molecular flexibility index (Phi) is 44.7. The zero-order valence-electron chi connectivity index (χ0n) is 40.4. The van der Waals surface area contributed by atoms with Crippen LogP contribution in [0.2, 0.25) is 0 Å². The maximum Gasteiger partial charge on any atom is 0.306 e. The van der Waals surface area contributed by atoms with E-state index >= 15 is 0 Å². The third kappa shape index (κ3) is 47.3. The van der Waals surface area contributed by atoms with Crippen LogP contribution in [0, 0.1) is 11.8 Å². The fourth-order valence-corrected chi connectivity index (χ4v) is 7.99. The minimum Gasteiger partial charge on any atom is -0.462 e. The van der Waals surface area contributed by atoms with Crippen molar-refractivity contribution in [1.29, 1.82) is 0 Å². The summed E-state index contributed by atoms with van der Waals surface area (Å²) in [6, 6.07) is 0. The maximum atomic E-state index is 12.8. The van der Waals surface area contributed by atoms with E-state index in [2.05, 4.69) is 34.6 Å². The SMILES string of the molecule is CCCCCCCCCC(=O)OC[C@H](COC(=O)CCCCCCCCCCCCCCCCC(C)C)OC(=O)CCCCCCCCCCCCCCCCC(C)C. The van der Waals surface area contributed by atoms with Gasteiger partial charge in [0.2, 0.25) is 0 Å². The molecule has 0 spiro atoms. The van der Waals surface area contributed by atoms with Crippen molar-refractivity contribution in [2.24, 2.45) is 11.8 Å². The molecule has 0 aliphatic rings. The molecule has 0 N–H and O–H groups in total. The molecule has 0 bridgehead atoms. The molecule has 0 radical (unpaired) electrons. The van der Waals surface area contributed by atoms with Gasteiger partial charge in [-0.2, -0.15) is 0 Å². The number of hydrogen-bond acceptors (Lipinski definition) is 6. The molecule has 6 heteroatoms. The molecule has 0 rings (SSSR count). The first kappa shape index (κ1) is 57.4. The maximum absolute atomic E-state index is 12.8. The predicted molar refractivity (Wildman–Crippen MR) is 252 cm³/mol.